The highest BCUT2D eigenvalue weighted by Gasteiger charge is 2.28. The zero-order valence-electron chi connectivity index (χ0n) is 13.3. The molecule has 0 radical (unpaired) electrons. The van der Waals surface area contributed by atoms with Gasteiger partial charge in [-0.1, -0.05) is 12.1 Å². The van der Waals surface area contributed by atoms with Crippen LogP contribution in [0.1, 0.15) is 40.7 Å². The minimum Gasteiger partial charge on any atom is -0.497 e. The van der Waals surface area contributed by atoms with E-state index in [2.05, 4.69) is 24.3 Å². The number of rotatable bonds is 5. The summed E-state index contributed by atoms with van der Waals surface area (Å²) in [4.78, 5) is 10.7. The Morgan fingerprint density at radius 2 is 1.65 bits per heavy atom. The maximum Gasteiger partial charge on any atom is 0.303 e. The molecule has 0 spiro atoms. The summed E-state index contributed by atoms with van der Waals surface area (Å²) in [6.45, 7) is 0. The highest BCUT2D eigenvalue weighted by Crippen LogP contribution is 2.46. The molecule has 3 heteroatoms. The molecule has 4 rings (SSSR count). The normalized spacial score (nSPS) is 13.8. The van der Waals surface area contributed by atoms with E-state index in [1.807, 2.05) is 0 Å². The van der Waals surface area contributed by atoms with Gasteiger partial charge in [0.15, 0.2) is 0 Å². The topological polar surface area (TPSA) is 46.5 Å². The molecule has 2 aliphatic carbocycles. The molecule has 2 aliphatic rings. The molecule has 0 aliphatic heterocycles. The van der Waals surface area contributed by atoms with Gasteiger partial charge in [-0.15, -0.1) is 0 Å². The smallest absolute Gasteiger partial charge is 0.303 e. The summed E-state index contributed by atoms with van der Waals surface area (Å²) in [5.41, 5.74) is 9.76. The molecule has 0 saturated heterocycles. The predicted octanol–water partition coefficient (Wildman–Crippen LogP) is 3.77. The second kappa shape index (κ2) is 5.41. The fourth-order valence-corrected chi connectivity index (χ4v) is 4.07. The van der Waals surface area contributed by atoms with Gasteiger partial charge in [0, 0.05) is 6.42 Å². The highest BCUT2D eigenvalue weighted by atomic mass is 16.5. The van der Waals surface area contributed by atoms with E-state index < -0.39 is 5.97 Å². The molecule has 0 aromatic heterocycles. The molecule has 23 heavy (non-hydrogen) atoms. The first kappa shape index (κ1) is 14.3. The van der Waals surface area contributed by atoms with Gasteiger partial charge in [0.05, 0.1) is 7.11 Å². The van der Waals surface area contributed by atoms with Crippen LogP contribution in [0.3, 0.4) is 0 Å². The zero-order valence-corrected chi connectivity index (χ0v) is 13.3. The minimum absolute atomic E-state index is 0.244. The van der Waals surface area contributed by atoms with Gasteiger partial charge in [-0.05, 0) is 83.2 Å². The molecule has 0 heterocycles. The van der Waals surface area contributed by atoms with Crippen LogP contribution >= 0.6 is 0 Å². The summed E-state index contributed by atoms with van der Waals surface area (Å²) < 4.78 is 5.45. The zero-order chi connectivity index (χ0) is 16.0. The van der Waals surface area contributed by atoms with Gasteiger partial charge >= 0.3 is 5.97 Å². The number of carboxylic acids is 1. The summed E-state index contributed by atoms with van der Waals surface area (Å²) in [6, 6.07) is 8.92. The number of hydrogen-bond acceptors (Lipinski definition) is 2. The monoisotopic (exact) mass is 308 g/mol. The first-order valence-electron chi connectivity index (χ1n) is 8.22. The van der Waals surface area contributed by atoms with E-state index in [0.29, 0.717) is 6.42 Å². The van der Waals surface area contributed by atoms with Crippen LogP contribution in [-0.4, -0.2) is 18.2 Å². The Bertz CT molecular complexity index is 805. The standard InChI is InChI=1S/C20H20O3/c1-23-17-10-14-6-5-13-7-12(3-2-4-18(21)22)8-15-9-16(11-17)20(14)19(13)15/h7-8,10-11H,2-6,9H2,1H3,(H,21,22). The first-order chi connectivity index (χ1) is 11.2. The van der Waals surface area contributed by atoms with Crippen LogP contribution in [0.25, 0.3) is 11.1 Å². The van der Waals surface area contributed by atoms with Crippen molar-refractivity contribution in [3.8, 4) is 16.9 Å². The number of aliphatic carboxylic acids is 1. The van der Waals surface area contributed by atoms with Crippen molar-refractivity contribution < 1.29 is 14.6 Å². The van der Waals surface area contributed by atoms with E-state index in [-0.39, 0.29) is 6.42 Å². The summed E-state index contributed by atoms with van der Waals surface area (Å²) >= 11 is 0. The fourth-order valence-electron chi connectivity index (χ4n) is 4.07. The number of hydrogen-bond donors (Lipinski definition) is 1. The number of ether oxygens (including phenoxy) is 1. The van der Waals surface area contributed by atoms with Gasteiger partial charge in [-0.25, -0.2) is 0 Å². The minimum atomic E-state index is -0.711. The Morgan fingerprint density at radius 1 is 1.04 bits per heavy atom. The quantitative estimate of drug-likeness (QED) is 0.780. The predicted molar refractivity (Wildman–Crippen MR) is 89.2 cm³/mol. The maximum atomic E-state index is 10.7. The van der Waals surface area contributed by atoms with Crippen molar-refractivity contribution in [1.82, 2.24) is 0 Å². The molecular weight excluding hydrogens is 288 g/mol. The molecule has 2 aromatic rings. The van der Waals surface area contributed by atoms with E-state index in [9.17, 15) is 4.79 Å². The van der Waals surface area contributed by atoms with Crippen LogP contribution in [0.5, 0.6) is 5.75 Å². The van der Waals surface area contributed by atoms with Crippen molar-refractivity contribution in [3.05, 3.63) is 52.1 Å². The van der Waals surface area contributed by atoms with Crippen molar-refractivity contribution in [2.24, 2.45) is 0 Å². The lowest BCUT2D eigenvalue weighted by Gasteiger charge is -2.21. The van der Waals surface area contributed by atoms with E-state index in [0.717, 1.165) is 31.4 Å². The second-order valence-corrected chi connectivity index (χ2v) is 6.53. The van der Waals surface area contributed by atoms with E-state index >= 15 is 0 Å². The summed E-state index contributed by atoms with van der Waals surface area (Å²) in [5, 5.41) is 8.81. The number of aryl methyl sites for hydroxylation is 3. The number of carbonyl (C=O) groups is 1. The average Bonchev–Trinajstić information content (AvgIpc) is 2.90. The van der Waals surface area contributed by atoms with E-state index in [1.165, 1.54) is 38.9 Å². The Kier molecular flexibility index (Phi) is 3.37. The van der Waals surface area contributed by atoms with Gasteiger partial charge in [0.2, 0.25) is 0 Å². The van der Waals surface area contributed by atoms with E-state index in [1.54, 1.807) is 7.11 Å². The van der Waals surface area contributed by atoms with Gasteiger partial charge in [-0.2, -0.15) is 0 Å². The van der Waals surface area contributed by atoms with Crippen LogP contribution in [0.15, 0.2) is 24.3 Å². The van der Waals surface area contributed by atoms with Crippen molar-refractivity contribution >= 4 is 5.97 Å². The van der Waals surface area contributed by atoms with Crippen molar-refractivity contribution in [1.29, 1.82) is 0 Å². The van der Waals surface area contributed by atoms with Crippen LogP contribution in [0, 0.1) is 0 Å². The molecule has 0 bridgehead atoms. The lowest BCUT2D eigenvalue weighted by molar-refractivity contribution is -0.137. The molecule has 0 saturated carbocycles. The number of methoxy groups -OCH3 is 1. The third-order valence-corrected chi connectivity index (χ3v) is 5.02. The summed E-state index contributed by atoms with van der Waals surface area (Å²) in [6.07, 6.45) is 4.89. The van der Waals surface area contributed by atoms with Crippen LogP contribution in [0.2, 0.25) is 0 Å². The number of carboxylic acid groups (broad SMARTS) is 1. The summed E-state index contributed by atoms with van der Waals surface area (Å²) in [7, 11) is 1.73. The molecule has 3 nitrogen and oxygen atoms in total. The van der Waals surface area contributed by atoms with Gasteiger partial charge in [0.25, 0.3) is 0 Å². The highest BCUT2D eigenvalue weighted by molar-refractivity contribution is 5.84. The maximum absolute atomic E-state index is 10.7. The molecule has 0 unspecified atom stereocenters. The molecule has 0 fully saturated rings. The van der Waals surface area contributed by atoms with Crippen LogP contribution in [-0.2, 0) is 30.5 Å². The molecule has 118 valence electrons. The lowest BCUT2D eigenvalue weighted by atomic mass is 9.84. The Hall–Kier alpha value is -2.29. The second-order valence-electron chi connectivity index (χ2n) is 6.53. The molecular formula is C20H20O3. The summed E-state index contributed by atoms with van der Waals surface area (Å²) in [5.74, 6) is 0.244. The van der Waals surface area contributed by atoms with Crippen molar-refractivity contribution in [2.45, 2.75) is 38.5 Å². The van der Waals surface area contributed by atoms with Gasteiger partial charge in [-0.3, -0.25) is 4.79 Å². The SMILES string of the molecule is COc1cc2c3c(c1)Cc1cc(CCCC(=O)O)cc(c1-3)CC2. The third-order valence-electron chi connectivity index (χ3n) is 5.02. The van der Waals surface area contributed by atoms with Crippen LogP contribution < -0.4 is 4.74 Å². The Morgan fingerprint density at radius 3 is 2.35 bits per heavy atom. The van der Waals surface area contributed by atoms with Crippen molar-refractivity contribution in [3.63, 3.8) is 0 Å². The van der Waals surface area contributed by atoms with Gasteiger partial charge in [0.1, 0.15) is 5.75 Å². The first-order valence-corrected chi connectivity index (χ1v) is 8.22. The average molecular weight is 308 g/mol. The largest absolute Gasteiger partial charge is 0.497 e. The Balaban J connectivity index is 1.71. The van der Waals surface area contributed by atoms with E-state index in [4.69, 9.17) is 9.84 Å². The van der Waals surface area contributed by atoms with Gasteiger partial charge < -0.3 is 9.84 Å². The molecule has 1 N–H and O–H groups in total. The molecule has 2 aromatic carbocycles. The number of benzene rings is 2. The van der Waals surface area contributed by atoms with Crippen LogP contribution in [0.4, 0.5) is 0 Å². The molecule has 0 amide bonds. The van der Waals surface area contributed by atoms with Crippen molar-refractivity contribution in [2.75, 3.05) is 7.11 Å². The lowest BCUT2D eigenvalue weighted by Crippen LogP contribution is -2.05. The Labute approximate surface area is 135 Å². The third kappa shape index (κ3) is 2.40. The fraction of sp³-hybridized carbons (Fsp3) is 0.350. The molecule has 0 atom stereocenters.